The van der Waals surface area contributed by atoms with Crippen molar-refractivity contribution < 1.29 is 8.42 Å². The Morgan fingerprint density at radius 3 is 2.26 bits per heavy atom. The van der Waals surface area contributed by atoms with Gasteiger partial charge in [0.15, 0.2) is 11.6 Å². The number of nitrogens with two attached hydrogens (primary N) is 1. The van der Waals surface area contributed by atoms with Crippen molar-refractivity contribution in [2.75, 3.05) is 29.5 Å². The van der Waals surface area contributed by atoms with E-state index in [1.54, 1.807) is 24.3 Å². The fourth-order valence-electron chi connectivity index (χ4n) is 3.63. The van der Waals surface area contributed by atoms with E-state index in [0.717, 1.165) is 22.3 Å². The van der Waals surface area contributed by atoms with Crippen LogP contribution in [0.3, 0.4) is 0 Å². The number of fused-ring (bicyclic) bond motifs is 1. The molecule has 4 rings (SSSR count). The number of hydrogen-bond donors (Lipinski definition) is 3. The summed E-state index contributed by atoms with van der Waals surface area (Å²) in [5.74, 6) is 0.843. The third-order valence-electron chi connectivity index (χ3n) is 5.46. The summed E-state index contributed by atoms with van der Waals surface area (Å²) in [6.07, 6.45) is 1.41. The lowest BCUT2D eigenvalue weighted by Crippen LogP contribution is -2.30. The number of pyridine rings is 1. The summed E-state index contributed by atoms with van der Waals surface area (Å²) in [5.41, 5.74) is 9.84. The Bertz CT molecular complexity index is 1420. The highest BCUT2D eigenvalue weighted by Gasteiger charge is 2.21. The van der Waals surface area contributed by atoms with Crippen LogP contribution in [0.1, 0.15) is 19.5 Å². The summed E-state index contributed by atoms with van der Waals surface area (Å²) < 4.78 is 26.8. The van der Waals surface area contributed by atoms with Gasteiger partial charge in [0.25, 0.3) is 0 Å². The molecule has 0 atom stereocenters. The topological polar surface area (TPSA) is 126 Å². The number of benzene rings is 2. The second kappa shape index (κ2) is 9.62. The van der Waals surface area contributed by atoms with Gasteiger partial charge in [0.05, 0.1) is 16.1 Å². The molecule has 2 aromatic carbocycles. The molecule has 0 unspecified atom stereocenters. The molecule has 0 amide bonds. The van der Waals surface area contributed by atoms with Crippen LogP contribution in [0.2, 0.25) is 0 Å². The van der Waals surface area contributed by atoms with Crippen molar-refractivity contribution in [3.8, 4) is 0 Å². The van der Waals surface area contributed by atoms with Crippen LogP contribution in [-0.2, 0) is 10.0 Å². The molecule has 0 radical (unpaired) electrons. The number of aryl methyl sites for hydroxylation is 1. The Kier molecular flexibility index (Phi) is 6.62. The van der Waals surface area contributed by atoms with E-state index in [4.69, 9.17) is 5.73 Å². The number of hydrogen-bond acceptors (Lipinski definition) is 8. The minimum absolute atomic E-state index is 0.235. The fourth-order valence-corrected chi connectivity index (χ4v) is 5.09. The number of anilines is 5. The molecule has 2 heterocycles. The van der Waals surface area contributed by atoms with Gasteiger partial charge in [-0.25, -0.2) is 18.4 Å². The molecule has 0 saturated heterocycles. The highest BCUT2D eigenvalue weighted by Crippen LogP contribution is 2.31. The van der Waals surface area contributed by atoms with Crippen LogP contribution in [0.5, 0.6) is 0 Å². The molecule has 0 aliphatic heterocycles. The van der Waals surface area contributed by atoms with Gasteiger partial charge in [-0.05, 0) is 43.3 Å². The molecule has 4 N–H and O–H groups in total. The Labute approximate surface area is 199 Å². The lowest BCUT2D eigenvalue weighted by Gasteiger charge is -2.18. The molecule has 10 heteroatoms. The van der Waals surface area contributed by atoms with Crippen LogP contribution in [0.15, 0.2) is 65.8 Å². The van der Waals surface area contributed by atoms with Crippen molar-refractivity contribution in [1.29, 1.82) is 0 Å². The predicted molar refractivity (Wildman–Crippen MR) is 136 cm³/mol. The number of sulfonamides is 1. The van der Waals surface area contributed by atoms with E-state index in [-0.39, 0.29) is 4.90 Å². The standard InChI is InChI=1S/C24H27N7O2S/c1-4-31(5-2)34(32,33)19-13-11-18(12-14-19)29-23-21(25)24(27-15-26-23)30-20-8-6-7-17-10-9-16(3)28-22(17)20/h6-15H,4-5,25H2,1-3H3,(H2,26,27,29,30). The Hall–Kier alpha value is -3.76. The molecule has 0 saturated carbocycles. The SMILES string of the molecule is CCN(CC)S(=O)(=O)c1ccc(Nc2ncnc(Nc3cccc4ccc(C)nc34)c2N)cc1. The van der Waals surface area contributed by atoms with E-state index in [0.29, 0.717) is 36.1 Å². The second-order valence-electron chi connectivity index (χ2n) is 7.68. The van der Waals surface area contributed by atoms with Crippen molar-refractivity contribution in [3.05, 3.63) is 66.6 Å². The number of para-hydroxylation sites is 1. The Morgan fingerprint density at radius 1 is 0.912 bits per heavy atom. The van der Waals surface area contributed by atoms with E-state index < -0.39 is 10.0 Å². The summed E-state index contributed by atoms with van der Waals surface area (Å²) in [7, 11) is -3.52. The van der Waals surface area contributed by atoms with Crippen molar-refractivity contribution in [2.24, 2.45) is 0 Å². The zero-order chi connectivity index (χ0) is 24.3. The molecular formula is C24H27N7O2S. The van der Waals surface area contributed by atoms with E-state index in [1.807, 2.05) is 51.1 Å². The lowest BCUT2D eigenvalue weighted by molar-refractivity contribution is 0.445. The minimum Gasteiger partial charge on any atom is -0.393 e. The van der Waals surface area contributed by atoms with Crippen molar-refractivity contribution in [1.82, 2.24) is 19.3 Å². The first-order valence-corrected chi connectivity index (χ1v) is 12.4. The van der Waals surface area contributed by atoms with Crippen LogP contribution in [0.25, 0.3) is 10.9 Å². The molecule has 0 aliphatic carbocycles. The van der Waals surface area contributed by atoms with Crippen molar-refractivity contribution >= 4 is 49.6 Å². The van der Waals surface area contributed by atoms with E-state index in [1.165, 1.54) is 10.6 Å². The smallest absolute Gasteiger partial charge is 0.243 e. The van der Waals surface area contributed by atoms with Crippen LogP contribution in [0, 0.1) is 6.92 Å². The fraction of sp³-hybridized carbons (Fsp3) is 0.208. The van der Waals surface area contributed by atoms with Gasteiger partial charge < -0.3 is 16.4 Å². The monoisotopic (exact) mass is 477 g/mol. The molecule has 0 fully saturated rings. The molecule has 0 aliphatic rings. The zero-order valence-electron chi connectivity index (χ0n) is 19.3. The van der Waals surface area contributed by atoms with Gasteiger partial charge in [-0.1, -0.05) is 32.0 Å². The normalized spacial score (nSPS) is 11.6. The Morgan fingerprint density at radius 2 is 1.59 bits per heavy atom. The average Bonchev–Trinajstić information content (AvgIpc) is 2.83. The molecule has 0 bridgehead atoms. The molecule has 4 aromatic rings. The highest BCUT2D eigenvalue weighted by atomic mass is 32.2. The van der Waals surface area contributed by atoms with Crippen molar-refractivity contribution in [3.63, 3.8) is 0 Å². The maximum atomic E-state index is 12.7. The largest absolute Gasteiger partial charge is 0.393 e. The summed E-state index contributed by atoms with van der Waals surface area (Å²) in [5, 5.41) is 7.40. The third kappa shape index (κ3) is 4.63. The van der Waals surface area contributed by atoms with Crippen molar-refractivity contribution in [2.45, 2.75) is 25.7 Å². The molecule has 2 aromatic heterocycles. The number of nitrogen functional groups attached to an aromatic ring is 1. The van der Waals surface area contributed by atoms with Crippen LogP contribution in [0.4, 0.5) is 28.7 Å². The average molecular weight is 478 g/mol. The molecular weight excluding hydrogens is 450 g/mol. The van der Waals surface area contributed by atoms with E-state index >= 15 is 0 Å². The third-order valence-corrected chi connectivity index (χ3v) is 7.52. The first-order valence-electron chi connectivity index (χ1n) is 10.9. The first kappa shape index (κ1) is 23.4. The number of aromatic nitrogens is 3. The maximum absolute atomic E-state index is 12.7. The number of nitrogens with zero attached hydrogens (tertiary/aromatic N) is 4. The van der Waals surface area contributed by atoms with Gasteiger partial charge in [-0.2, -0.15) is 4.31 Å². The lowest BCUT2D eigenvalue weighted by atomic mass is 10.1. The maximum Gasteiger partial charge on any atom is 0.243 e. The van der Waals surface area contributed by atoms with Gasteiger partial charge in [0.2, 0.25) is 10.0 Å². The highest BCUT2D eigenvalue weighted by molar-refractivity contribution is 7.89. The summed E-state index contributed by atoms with van der Waals surface area (Å²) >= 11 is 0. The van der Waals surface area contributed by atoms with Gasteiger partial charge >= 0.3 is 0 Å². The molecule has 9 nitrogen and oxygen atoms in total. The second-order valence-corrected chi connectivity index (χ2v) is 9.62. The Balaban J connectivity index is 1.58. The van der Waals surface area contributed by atoms with E-state index in [9.17, 15) is 8.42 Å². The zero-order valence-corrected chi connectivity index (χ0v) is 20.1. The van der Waals surface area contributed by atoms with Gasteiger partial charge in [0, 0.05) is 29.9 Å². The summed E-state index contributed by atoms with van der Waals surface area (Å²) in [4.78, 5) is 13.4. The van der Waals surface area contributed by atoms with Gasteiger partial charge in [-0.3, -0.25) is 4.98 Å². The molecule has 34 heavy (non-hydrogen) atoms. The van der Waals surface area contributed by atoms with E-state index in [2.05, 4.69) is 25.6 Å². The molecule has 176 valence electrons. The van der Waals surface area contributed by atoms with Gasteiger partial charge in [0.1, 0.15) is 12.0 Å². The summed E-state index contributed by atoms with van der Waals surface area (Å²) in [6.45, 7) is 6.40. The first-order chi connectivity index (χ1) is 16.3. The van der Waals surface area contributed by atoms with Crippen LogP contribution in [-0.4, -0.2) is 40.8 Å². The number of nitrogens with one attached hydrogen (secondary N) is 2. The summed E-state index contributed by atoms with van der Waals surface area (Å²) in [6, 6.07) is 16.3. The van der Waals surface area contributed by atoms with Gasteiger partial charge in [-0.15, -0.1) is 0 Å². The predicted octanol–water partition coefficient (Wildman–Crippen LogP) is 4.43. The quantitative estimate of drug-likeness (QED) is 0.340. The minimum atomic E-state index is -3.52. The van der Waals surface area contributed by atoms with Crippen LogP contribution >= 0.6 is 0 Å². The number of rotatable bonds is 8. The molecule has 0 spiro atoms. The van der Waals surface area contributed by atoms with Crippen LogP contribution < -0.4 is 16.4 Å².